The summed E-state index contributed by atoms with van der Waals surface area (Å²) in [7, 11) is 0. The highest BCUT2D eigenvalue weighted by atomic mass is 35.5. The topological polar surface area (TPSA) is 72.2 Å². The Hall–Kier alpha value is -2.25. The summed E-state index contributed by atoms with van der Waals surface area (Å²) in [6, 6.07) is 6.68. The number of hydrogen-bond acceptors (Lipinski definition) is 6. The molecule has 1 aliphatic rings. The molecule has 8 heteroatoms. The Morgan fingerprint density at radius 1 is 1.38 bits per heavy atom. The first kappa shape index (κ1) is 17.2. The summed E-state index contributed by atoms with van der Waals surface area (Å²) >= 11 is 7.65. The molecule has 6 nitrogen and oxygen atoms in total. The lowest BCUT2D eigenvalue weighted by atomic mass is 9.99. The normalized spacial score (nSPS) is 17.6. The Morgan fingerprint density at radius 2 is 2.23 bits per heavy atom. The van der Waals surface area contributed by atoms with Crippen LogP contribution < -0.4 is 4.90 Å². The van der Waals surface area contributed by atoms with Gasteiger partial charge >= 0.3 is 0 Å². The van der Waals surface area contributed by atoms with E-state index >= 15 is 0 Å². The molecule has 134 valence electrons. The van der Waals surface area contributed by atoms with Crippen LogP contribution in [0.3, 0.4) is 0 Å². The maximum atomic E-state index is 11.1. The van der Waals surface area contributed by atoms with Gasteiger partial charge < -0.3 is 4.90 Å². The van der Waals surface area contributed by atoms with Gasteiger partial charge in [-0.3, -0.25) is 10.1 Å². The van der Waals surface area contributed by atoms with Crippen LogP contribution >= 0.6 is 22.9 Å². The third-order valence-corrected chi connectivity index (χ3v) is 5.75. The molecule has 1 atom stereocenters. The van der Waals surface area contributed by atoms with Crippen LogP contribution in [-0.4, -0.2) is 28.0 Å². The summed E-state index contributed by atoms with van der Waals surface area (Å²) in [6.45, 7) is 4.09. The van der Waals surface area contributed by atoms with Crippen LogP contribution in [0.1, 0.15) is 19.8 Å². The molecular weight excluding hydrogens is 372 g/mol. The highest BCUT2D eigenvalue weighted by Gasteiger charge is 2.23. The molecule has 1 aromatic carbocycles. The number of thiophene rings is 1. The molecule has 0 N–H and O–H groups in total. The second-order valence-corrected chi connectivity index (χ2v) is 7.84. The van der Waals surface area contributed by atoms with E-state index < -0.39 is 0 Å². The summed E-state index contributed by atoms with van der Waals surface area (Å²) in [5.41, 5.74) is 1.78. The molecule has 0 amide bonds. The number of hydrogen-bond donors (Lipinski definition) is 0. The number of nitro benzene ring substituents is 1. The van der Waals surface area contributed by atoms with E-state index in [0.717, 1.165) is 46.7 Å². The zero-order chi connectivity index (χ0) is 18.3. The lowest BCUT2D eigenvalue weighted by molar-refractivity contribution is -0.384. The van der Waals surface area contributed by atoms with E-state index in [2.05, 4.69) is 21.8 Å². The van der Waals surface area contributed by atoms with Gasteiger partial charge in [0.15, 0.2) is 0 Å². The number of fused-ring (bicyclic) bond motifs is 1. The van der Waals surface area contributed by atoms with Crippen LogP contribution in [0.15, 0.2) is 29.6 Å². The lowest BCUT2D eigenvalue weighted by Gasteiger charge is -2.32. The number of rotatable bonds is 3. The fourth-order valence-electron chi connectivity index (χ4n) is 3.51. The van der Waals surface area contributed by atoms with E-state index in [-0.39, 0.29) is 15.9 Å². The van der Waals surface area contributed by atoms with Gasteiger partial charge in [-0.2, -0.15) is 4.98 Å². The zero-order valence-corrected chi connectivity index (χ0v) is 15.8. The molecule has 1 fully saturated rings. The number of nitro groups is 1. The lowest BCUT2D eigenvalue weighted by Crippen LogP contribution is -2.35. The third kappa shape index (κ3) is 3.12. The van der Waals surface area contributed by atoms with Crippen molar-refractivity contribution in [2.45, 2.75) is 19.8 Å². The molecule has 3 heterocycles. The van der Waals surface area contributed by atoms with Gasteiger partial charge in [0.2, 0.25) is 5.28 Å². The van der Waals surface area contributed by atoms with Gasteiger partial charge in [0.25, 0.3) is 5.69 Å². The van der Waals surface area contributed by atoms with Crippen LogP contribution in [0.25, 0.3) is 21.3 Å². The third-order valence-electron chi connectivity index (χ3n) is 4.71. The summed E-state index contributed by atoms with van der Waals surface area (Å²) in [5.74, 6) is 1.42. The molecular formula is C18H17ClN4O2S. The van der Waals surface area contributed by atoms with Crippen LogP contribution in [0.4, 0.5) is 11.5 Å². The van der Waals surface area contributed by atoms with Crippen LogP contribution in [0.5, 0.6) is 0 Å². The molecule has 0 bridgehead atoms. The summed E-state index contributed by atoms with van der Waals surface area (Å²) < 4.78 is 0. The van der Waals surface area contributed by atoms with Crippen molar-refractivity contribution in [3.05, 3.63) is 45.0 Å². The smallest absolute Gasteiger partial charge is 0.270 e. The monoisotopic (exact) mass is 388 g/mol. The second-order valence-electron chi connectivity index (χ2n) is 6.65. The van der Waals surface area contributed by atoms with Gasteiger partial charge in [0, 0.05) is 36.2 Å². The molecule has 0 aliphatic carbocycles. The molecule has 0 spiro atoms. The molecule has 2 aromatic heterocycles. The van der Waals surface area contributed by atoms with E-state index in [1.807, 2.05) is 11.4 Å². The summed E-state index contributed by atoms with van der Waals surface area (Å²) in [5, 5.41) is 14.3. The van der Waals surface area contributed by atoms with E-state index in [9.17, 15) is 10.1 Å². The molecule has 1 aliphatic heterocycles. The van der Waals surface area contributed by atoms with Crippen molar-refractivity contribution in [1.29, 1.82) is 0 Å². The number of aromatic nitrogens is 2. The van der Waals surface area contributed by atoms with Crippen molar-refractivity contribution in [2.24, 2.45) is 5.92 Å². The van der Waals surface area contributed by atoms with Crippen molar-refractivity contribution < 1.29 is 4.92 Å². The highest BCUT2D eigenvalue weighted by molar-refractivity contribution is 7.17. The molecule has 1 saturated heterocycles. The average Bonchev–Trinajstić information content (AvgIpc) is 3.04. The number of halogens is 1. The maximum absolute atomic E-state index is 11.1. The van der Waals surface area contributed by atoms with Crippen LogP contribution in [-0.2, 0) is 0 Å². The van der Waals surface area contributed by atoms with Gasteiger partial charge in [-0.15, -0.1) is 11.3 Å². The van der Waals surface area contributed by atoms with Crippen molar-refractivity contribution in [2.75, 3.05) is 18.0 Å². The Morgan fingerprint density at radius 3 is 3.00 bits per heavy atom. The Labute approximate surface area is 159 Å². The number of anilines is 1. The Kier molecular flexibility index (Phi) is 4.50. The van der Waals surface area contributed by atoms with E-state index in [0.29, 0.717) is 5.92 Å². The van der Waals surface area contributed by atoms with E-state index in [1.54, 1.807) is 12.1 Å². The minimum Gasteiger partial charge on any atom is -0.356 e. The van der Waals surface area contributed by atoms with Gasteiger partial charge in [-0.25, -0.2) is 4.98 Å². The first-order valence-electron chi connectivity index (χ1n) is 8.47. The second kappa shape index (κ2) is 6.81. The maximum Gasteiger partial charge on any atom is 0.270 e. The predicted molar refractivity (Wildman–Crippen MR) is 105 cm³/mol. The molecule has 0 radical (unpaired) electrons. The molecule has 26 heavy (non-hydrogen) atoms. The fourth-order valence-corrected chi connectivity index (χ4v) is 4.66. The van der Waals surface area contributed by atoms with Crippen LogP contribution in [0.2, 0.25) is 5.28 Å². The largest absolute Gasteiger partial charge is 0.356 e. The molecule has 1 unspecified atom stereocenters. The highest BCUT2D eigenvalue weighted by Crippen LogP contribution is 2.40. The number of piperidine rings is 1. The SMILES string of the molecule is CC1CCCN(c2nc(Cl)nc3scc(-c4cccc([N+](=O)[O-])c4)c23)C1. The first-order chi connectivity index (χ1) is 12.5. The standard InChI is InChI=1S/C18H17ClN4O2S/c1-11-4-3-7-22(9-11)16-15-14(10-26-17(15)21-18(19)20-16)12-5-2-6-13(8-12)23(24)25/h2,5-6,8,10-11H,3-4,7,9H2,1H3. The van der Waals surface area contributed by atoms with Gasteiger partial charge in [-0.05, 0) is 35.9 Å². The van der Waals surface area contributed by atoms with E-state index in [1.165, 1.54) is 23.8 Å². The number of nitrogens with zero attached hydrogens (tertiary/aromatic N) is 4. The number of non-ortho nitro benzene ring substituents is 1. The Bertz CT molecular complexity index is 990. The quantitative estimate of drug-likeness (QED) is 0.352. The predicted octanol–water partition coefficient (Wildman–Crippen LogP) is 5.16. The number of benzene rings is 1. The van der Waals surface area contributed by atoms with Crippen molar-refractivity contribution in [3.8, 4) is 11.1 Å². The zero-order valence-electron chi connectivity index (χ0n) is 14.2. The van der Waals surface area contributed by atoms with Gasteiger partial charge in [-0.1, -0.05) is 19.1 Å². The van der Waals surface area contributed by atoms with Crippen LogP contribution in [0, 0.1) is 16.0 Å². The van der Waals surface area contributed by atoms with Crippen molar-refractivity contribution in [1.82, 2.24) is 9.97 Å². The average molecular weight is 389 g/mol. The molecule has 3 aromatic rings. The Balaban J connectivity index is 1.89. The minimum atomic E-state index is -0.376. The minimum absolute atomic E-state index is 0.0740. The van der Waals surface area contributed by atoms with Gasteiger partial charge in [0.1, 0.15) is 10.6 Å². The van der Waals surface area contributed by atoms with E-state index in [4.69, 9.17) is 11.6 Å². The van der Waals surface area contributed by atoms with Crippen molar-refractivity contribution in [3.63, 3.8) is 0 Å². The summed E-state index contributed by atoms with van der Waals surface area (Å²) in [6.07, 6.45) is 2.32. The first-order valence-corrected chi connectivity index (χ1v) is 9.73. The molecule has 4 rings (SSSR count). The van der Waals surface area contributed by atoms with Crippen molar-refractivity contribution >= 4 is 44.7 Å². The fraction of sp³-hybridized carbons (Fsp3) is 0.333. The van der Waals surface area contributed by atoms with Gasteiger partial charge in [0.05, 0.1) is 10.3 Å². The molecule has 0 saturated carbocycles. The summed E-state index contributed by atoms with van der Waals surface area (Å²) in [4.78, 5) is 22.7.